The van der Waals surface area contributed by atoms with E-state index in [0.717, 1.165) is 33.9 Å². The van der Waals surface area contributed by atoms with Gasteiger partial charge < -0.3 is 10.6 Å². The zero-order valence-electron chi connectivity index (χ0n) is 13.4. The van der Waals surface area contributed by atoms with Crippen LogP contribution in [0.15, 0.2) is 47.4 Å². The SMILES string of the molecule is O=C1CC(C(=O)NC2CCSc3ccc(Cl)cc32)c2ccccc2N1. The molecule has 0 spiro atoms. The van der Waals surface area contributed by atoms with Crippen LogP contribution in [-0.4, -0.2) is 17.6 Å². The van der Waals surface area contributed by atoms with Crippen LogP contribution in [0.5, 0.6) is 0 Å². The summed E-state index contributed by atoms with van der Waals surface area (Å²) in [5.74, 6) is 0.259. The fraction of sp³-hybridized carbons (Fsp3) is 0.263. The summed E-state index contributed by atoms with van der Waals surface area (Å²) in [6.45, 7) is 0. The summed E-state index contributed by atoms with van der Waals surface area (Å²) in [5.41, 5.74) is 2.66. The molecule has 0 aromatic heterocycles. The Morgan fingerprint density at radius 1 is 1.20 bits per heavy atom. The van der Waals surface area contributed by atoms with Crippen LogP contribution < -0.4 is 10.6 Å². The molecule has 2 unspecified atom stereocenters. The van der Waals surface area contributed by atoms with E-state index < -0.39 is 5.92 Å². The van der Waals surface area contributed by atoms with Crippen LogP contribution in [0.25, 0.3) is 0 Å². The normalized spacial score (nSPS) is 21.7. The average Bonchev–Trinajstić information content (AvgIpc) is 2.61. The smallest absolute Gasteiger partial charge is 0.228 e. The molecule has 0 aliphatic carbocycles. The van der Waals surface area contributed by atoms with Crippen molar-refractivity contribution in [2.24, 2.45) is 0 Å². The molecule has 2 aliphatic rings. The summed E-state index contributed by atoms with van der Waals surface area (Å²) in [5, 5.41) is 6.64. The number of hydrogen-bond donors (Lipinski definition) is 2. The third-order valence-corrected chi connectivity index (χ3v) is 6.00. The Kier molecular flexibility index (Phi) is 4.44. The lowest BCUT2D eigenvalue weighted by Crippen LogP contribution is -2.38. The van der Waals surface area contributed by atoms with E-state index in [1.807, 2.05) is 42.5 Å². The lowest BCUT2D eigenvalue weighted by molar-refractivity contribution is -0.127. The van der Waals surface area contributed by atoms with Gasteiger partial charge in [0.25, 0.3) is 0 Å². The molecule has 2 aromatic rings. The minimum Gasteiger partial charge on any atom is -0.349 e. The average molecular weight is 373 g/mol. The molecule has 0 fully saturated rings. The van der Waals surface area contributed by atoms with Crippen molar-refractivity contribution in [3.05, 3.63) is 58.6 Å². The monoisotopic (exact) mass is 372 g/mol. The molecule has 2 heterocycles. The van der Waals surface area contributed by atoms with Gasteiger partial charge in [0.2, 0.25) is 11.8 Å². The molecule has 2 aromatic carbocycles. The lowest BCUT2D eigenvalue weighted by atomic mass is 9.89. The number of carbonyl (C=O) groups is 2. The lowest BCUT2D eigenvalue weighted by Gasteiger charge is -2.30. The number of thioether (sulfide) groups is 1. The highest BCUT2D eigenvalue weighted by Crippen LogP contribution is 2.39. The van der Waals surface area contributed by atoms with Crippen molar-refractivity contribution in [3.63, 3.8) is 0 Å². The van der Waals surface area contributed by atoms with Crippen molar-refractivity contribution in [3.8, 4) is 0 Å². The maximum absolute atomic E-state index is 12.9. The number of anilines is 1. The number of fused-ring (bicyclic) bond motifs is 2. The summed E-state index contributed by atoms with van der Waals surface area (Å²) >= 11 is 7.92. The molecule has 2 amide bonds. The number of rotatable bonds is 2. The Balaban J connectivity index is 1.60. The molecule has 4 rings (SSSR count). The van der Waals surface area contributed by atoms with Crippen LogP contribution in [0.1, 0.15) is 35.9 Å². The Bertz CT molecular complexity index is 855. The van der Waals surface area contributed by atoms with E-state index in [0.29, 0.717) is 5.02 Å². The first-order chi connectivity index (χ1) is 12.1. The van der Waals surface area contributed by atoms with Gasteiger partial charge in [0.05, 0.1) is 12.0 Å². The third-order valence-electron chi connectivity index (χ3n) is 4.64. The number of amides is 2. The predicted molar refractivity (Wildman–Crippen MR) is 100 cm³/mol. The largest absolute Gasteiger partial charge is 0.349 e. The van der Waals surface area contributed by atoms with Gasteiger partial charge in [-0.1, -0.05) is 29.8 Å². The molecular weight excluding hydrogens is 356 g/mol. The molecule has 25 heavy (non-hydrogen) atoms. The highest BCUT2D eigenvalue weighted by Gasteiger charge is 2.32. The van der Waals surface area contributed by atoms with Gasteiger partial charge in [-0.15, -0.1) is 11.8 Å². The van der Waals surface area contributed by atoms with E-state index in [4.69, 9.17) is 11.6 Å². The van der Waals surface area contributed by atoms with Gasteiger partial charge in [0.15, 0.2) is 0 Å². The first-order valence-corrected chi connectivity index (χ1v) is 9.59. The molecule has 0 radical (unpaired) electrons. The van der Waals surface area contributed by atoms with Crippen molar-refractivity contribution < 1.29 is 9.59 Å². The van der Waals surface area contributed by atoms with Crippen molar-refractivity contribution in [2.75, 3.05) is 11.1 Å². The quantitative estimate of drug-likeness (QED) is 0.833. The molecule has 0 saturated heterocycles. The second-order valence-corrected chi connectivity index (χ2v) is 7.85. The topological polar surface area (TPSA) is 58.2 Å². The zero-order chi connectivity index (χ0) is 17.4. The summed E-state index contributed by atoms with van der Waals surface area (Å²) < 4.78 is 0. The second-order valence-electron chi connectivity index (χ2n) is 6.27. The molecule has 4 nitrogen and oxygen atoms in total. The van der Waals surface area contributed by atoms with Gasteiger partial charge in [-0.25, -0.2) is 0 Å². The second kappa shape index (κ2) is 6.73. The van der Waals surface area contributed by atoms with Gasteiger partial charge in [-0.3, -0.25) is 9.59 Å². The molecule has 0 saturated carbocycles. The van der Waals surface area contributed by atoms with Crippen molar-refractivity contribution in [2.45, 2.75) is 29.7 Å². The van der Waals surface area contributed by atoms with Crippen LogP contribution in [0.4, 0.5) is 5.69 Å². The van der Waals surface area contributed by atoms with Crippen molar-refractivity contribution >= 4 is 40.9 Å². The number of halogens is 1. The number of hydrogen-bond acceptors (Lipinski definition) is 3. The van der Waals surface area contributed by atoms with E-state index in [1.165, 1.54) is 0 Å². The summed E-state index contributed by atoms with van der Waals surface area (Å²) in [6.07, 6.45) is 1.02. The Morgan fingerprint density at radius 3 is 2.92 bits per heavy atom. The zero-order valence-corrected chi connectivity index (χ0v) is 15.0. The number of carbonyl (C=O) groups excluding carboxylic acids is 2. The molecule has 0 bridgehead atoms. The molecule has 6 heteroatoms. The van der Waals surface area contributed by atoms with Gasteiger partial charge in [-0.2, -0.15) is 0 Å². The van der Waals surface area contributed by atoms with Crippen LogP contribution in [0, 0.1) is 0 Å². The van der Waals surface area contributed by atoms with E-state index in [9.17, 15) is 9.59 Å². The summed E-state index contributed by atoms with van der Waals surface area (Å²) in [4.78, 5) is 26.1. The van der Waals surface area contributed by atoms with Crippen LogP contribution in [-0.2, 0) is 9.59 Å². The minimum atomic E-state index is -0.456. The van der Waals surface area contributed by atoms with Crippen LogP contribution in [0.2, 0.25) is 5.02 Å². The fourth-order valence-corrected chi connectivity index (χ4v) is 4.72. The van der Waals surface area contributed by atoms with Gasteiger partial charge in [0, 0.05) is 27.8 Å². The van der Waals surface area contributed by atoms with E-state index in [-0.39, 0.29) is 24.3 Å². The van der Waals surface area contributed by atoms with Crippen LogP contribution in [0.3, 0.4) is 0 Å². The van der Waals surface area contributed by atoms with E-state index in [1.54, 1.807) is 11.8 Å². The Hall–Kier alpha value is -1.98. The van der Waals surface area contributed by atoms with E-state index in [2.05, 4.69) is 10.6 Å². The standard InChI is InChI=1S/C19H17ClN2O2S/c20-11-5-6-17-14(9-11)16(7-8-25-17)22-19(24)13-10-18(23)21-15-4-2-1-3-12(13)15/h1-6,9,13,16H,7-8,10H2,(H,21,23)(H,22,24). The molecule has 2 aliphatic heterocycles. The highest BCUT2D eigenvalue weighted by atomic mass is 35.5. The maximum atomic E-state index is 12.9. The summed E-state index contributed by atoms with van der Waals surface area (Å²) in [6, 6.07) is 13.2. The molecule has 2 N–H and O–H groups in total. The maximum Gasteiger partial charge on any atom is 0.228 e. The third kappa shape index (κ3) is 3.26. The predicted octanol–water partition coefficient (Wildman–Crippen LogP) is 4.12. The van der Waals surface area contributed by atoms with E-state index >= 15 is 0 Å². The summed E-state index contributed by atoms with van der Waals surface area (Å²) in [7, 11) is 0. The van der Waals surface area contributed by atoms with Gasteiger partial charge >= 0.3 is 0 Å². The number of benzene rings is 2. The fourth-order valence-electron chi connectivity index (χ4n) is 3.43. The van der Waals surface area contributed by atoms with Gasteiger partial charge in [-0.05, 0) is 41.8 Å². The molecular formula is C19H17ClN2O2S. The minimum absolute atomic E-state index is 0.0698. The number of nitrogens with one attached hydrogen (secondary N) is 2. The number of para-hydroxylation sites is 1. The Morgan fingerprint density at radius 2 is 2.04 bits per heavy atom. The van der Waals surface area contributed by atoms with Crippen LogP contribution >= 0.6 is 23.4 Å². The molecule has 128 valence electrons. The highest BCUT2D eigenvalue weighted by molar-refractivity contribution is 7.99. The van der Waals surface area contributed by atoms with Crippen molar-refractivity contribution in [1.82, 2.24) is 5.32 Å². The van der Waals surface area contributed by atoms with Gasteiger partial charge in [0.1, 0.15) is 0 Å². The first kappa shape index (κ1) is 16.5. The van der Waals surface area contributed by atoms with Crippen molar-refractivity contribution in [1.29, 1.82) is 0 Å². The Labute approximate surface area is 155 Å². The first-order valence-electron chi connectivity index (χ1n) is 8.23. The molecule has 2 atom stereocenters.